The second-order valence-electron chi connectivity index (χ2n) is 4.37. The van der Waals surface area contributed by atoms with Crippen molar-refractivity contribution in [3.8, 4) is 5.75 Å². The normalized spacial score (nSPS) is 10.2. The Bertz CT molecular complexity index is 521. The largest absolute Gasteiger partial charge is 0.493 e. The lowest BCUT2D eigenvalue weighted by molar-refractivity contribution is 0.414. The summed E-state index contributed by atoms with van der Waals surface area (Å²) in [5, 5.41) is 3.38. The summed E-state index contributed by atoms with van der Waals surface area (Å²) in [5.41, 5.74) is 4.47. The molecule has 0 amide bonds. The topological polar surface area (TPSA) is 34.1 Å². The molecule has 18 heavy (non-hydrogen) atoms. The monoisotopic (exact) mass is 242 g/mol. The Morgan fingerprint density at radius 1 is 1.17 bits per heavy atom. The molecule has 1 heterocycles. The van der Waals surface area contributed by atoms with E-state index in [2.05, 4.69) is 41.5 Å². The molecule has 3 nitrogen and oxygen atoms in total. The number of aryl methyl sites for hydroxylation is 2. The number of hydrogen-bond donors (Lipinski definition) is 1. The number of pyridine rings is 1. The summed E-state index contributed by atoms with van der Waals surface area (Å²) in [6.07, 6.45) is 1.74. The number of aromatic nitrogens is 1. The molecule has 0 aliphatic rings. The van der Waals surface area contributed by atoms with Crippen LogP contribution in [-0.2, 0) is 6.54 Å². The molecule has 0 saturated heterocycles. The Labute approximate surface area is 108 Å². The molecular weight excluding hydrogens is 224 g/mol. The molecule has 0 unspecified atom stereocenters. The van der Waals surface area contributed by atoms with Crippen molar-refractivity contribution in [2.45, 2.75) is 20.4 Å². The second kappa shape index (κ2) is 5.54. The van der Waals surface area contributed by atoms with Gasteiger partial charge in [0, 0.05) is 12.2 Å². The van der Waals surface area contributed by atoms with Crippen molar-refractivity contribution in [1.29, 1.82) is 0 Å². The van der Waals surface area contributed by atoms with Crippen LogP contribution in [0.1, 0.15) is 16.8 Å². The molecule has 0 aliphatic heterocycles. The van der Waals surface area contributed by atoms with Gasteiger partial charge in [0.15, 0.2) is 5.75 Å². The van der Waals surface area contributed by atoms with E-state index in [0.29, 0.717) is 0 Å². The first-order valence-corrected chi connectivity index (χ1v) is 5.99. The Morgan fingerprint density at radius 2 is 1.89 bits per heavy atom. The van der Waals surface area contributed by atoms with Crippen molar-refractivity contribution >= 4 is 5.69 Å². The van der Waals surface area contributed by atoms with Crippen molar-refractivity contribution in [1.82, 2.24) is 4.98 Å². The van der Waals surface area contributed by atoms with Crippen LogP contribution in [0.15, 0.2) is 36.5 Å². The lowest BCUT2D eigenvalue weighted by atomic mass is 10.1. The third-order valence-corrected chi connectivity index (χ3v) is 2.83. The van der Waals surface area contributed by atoms with Crippen molar-refractivity contribution in [3.63, 3.8) is 0 Å². The van der Waals surface area contributed by atoms with E-state index >= 15 is 0 Å². The van der Waals surface area contributed by atoms with Crippen LogP contribution in [0.25, 0.3) is 0 Å². The molecule has 1 aromatic carbocycles. The fourth-order valence-corrected chi connectivity index (χ4v) is 1.75. The highest BCUT2D eigenvalue weighted by Gasteiger charge is 2.03. The molecule has 2 aromatic rings. The Kier molecular flexibility index (Phi) is 3.82. The van der Waals surface area contributed by atoms with Gasteiger partial charge >= 0.3 is 0 Å². The quantitative estimate of drug-likeness (QED) is 0.893. The summed E-state index contributed by atoms with van der Waals surface area (Å²) in [4.78, 5) is 4.21. The number of rotatable bonds is 4. The van der Waals surface area contributed by atoms with Crippen LogP contribution < -0.4 is 10.1 Å². The highest BCUT2D eigenvalue weighted by atomic mass is 16.5. The predicted octanol–water partition coefficient (Wildman–Crippen LogP) is 3.32. The van der Waals surface area contributed by atoms with Crippen LogP contribution in [-0.4, -0.2) is 12.1 Å². The minimum Gasteiger partial charge on any atom is -0.493 e. The standard InChI is InChI=1S/C15H18N2O/c1-11-4-6-13(7-5-11)9-17-14-8-12(2)16-10-15(14)18-3/h4-8,10H,9H2,1-3H3,(H,16,17). The van der Waals surface area contributed by atoms with Gasteiger partial charge in [0.1, 0.15) is 0 Å². The smallest absolute Gasteiger partial charge is 0.160 e. The van der Waals surface area contributed by atoms with Crippen LogP contribution in [0.4, 0.5) is 5.69 Å². The molecule has 3 heteroatoms. The third kappa shape index (κ3) is 3.00. The lowest BCUT2D eigenvalue weighted by Gasteiger charge is -2.11. The first-order chi connectivity index (χ1) is 8.69. The first-order valence-electron chi connectivity index (χ1n) is 5.99. The average Bonchev–Trinajstić information content (AvgIpc) is 2.38. The molecule has 0 fully saturated rings. The molecule has 0 atom stereocenters. The van der Waals surface area contributed by atoms with E-state index in [0.717, 1.165) is 23.7 Å². The number of nitrogens with zero attached hydrogens (tertiary/aromatic N) is 1. The van der Waals surface area contributed by atoms with Gasteiger partial charge in [-0.1, -0.05) is 29.8 Å². The number of methoxy groups -OCH3 is 1. The highest BCUT2D eigenvalue weighted by Crippen LogP contribution is 2.24. The van der Waals surface area contributed by atoms with E-state index in [1.54, 1.807) is 13.3 Å². The van der Waals surface area contributed by atoms with Gasteiger partial charge in [-0.2, -0.15) is 0 Å². The van der Waals surface area contributed by atoms with Gasteiger partial charge in [-0.15, -0.1) is 0 Å². The van der Waals surface area contributed by atoms with Crippen molar-refractivity contribution < 1.29 is 4.74 Å². The zero-order valence-corrected chi connectivity index (χ0v) is 11.0. The molecule has 0 radical (unpaired) electrons. The maximum absolute atomic E-state index is 5.28. The summed E-state index contributed by atoms with van der Waals surface area (Å²) in [5.74, 6) is 0.771. The van der Waals surface area contributed by atoms with Crippen molar-refractivity contribution in [2.24, 2.45) is 0 Å². The number of benzene rings is 1. The van der Waals surface area contributed by atoms with Gasteiger partial charge < -0.3 is 10.1 Å². The number of hydrogen-bond acceptors (Lipinski definition) is 3. The molecular formula is C15H18N2O. The van der Waals surface area contributed by atoms with E-state index in [1.807, 2.05) is 13.0 Å². The minimum absolute atomic E-state index is 0.771. The van der Waals surface area contributed by atoms with Gasteiger partial charge in [-0.25, -0.2) is 0 Å². The van der Waals surface area contributed by atoms with E-state index in [1.165, 1.54) is 11.1 Å². The Morgan fingerprint density at radius 3 is 2.56 bits per heavy atom. The fourth-order valence-electron chi connectivity index (χ4n) is 1.75. The van der Waals surface area contributed by atoms with E-state index < -0.39 is 0 Å². The van der Waals surface area contributed by atoms with Crippen LogP contribution in [0.2, 0.25) is 0 Å². The number of ether oxygens (including phenoxy) is 1. The molecule has 2 rings (SSSR count). The SMILES string of the molecule is COc1cnc(C)cc1NCc1ccc(C)cc1. The summed E-state index contributed by atoms with van der Waals surface area (Å²) < 4.78 is 5.28. The van der Waals surface area contributed by atoms with Crippen molar-refractivity contribution in [3.05, 3.63) is 53.3 Å². The van der Waals surface area contributed by atoms with Crippen molar-refractivity contribution in [2.75, 3.05) is 12.4 Å². The molecule has 1 N–H and O–H groups in total. The summed E-state index contributed by atoms with van der Waals surface area (Å²) >= 11 is 0. The molecule has 0 saturated carbocycles. The average molecular weight is 242 g/mol. The fraction of sp³-hybridized carbons (Fsp3) is 0.267. The maximum Gasteiger partial charge on any atom is 0.160 e. The molecule has 1 aromatic heterocycles. The number of nitrogens with one attached hydrogen (secondary N) is 1. The van der Waals surface area contributed by atoms with E-state index in [9.17, 15) is 0 Å². The zero-order valence-electron chi connectivity index (χ0n) is 11.0. The third-order valence-electron chi connectivity index (χ3n) is 2.83. The first kappa shape index (κ1) is 12.4. The van der Waals surface area contributed by atoms with Crippen LogP contribution in [0.3, 0.4) is 0 Å². The molecule has 0 aliphatic carbocycles. The summed E-state index contributed by atoms with van der Waals surface area (Å²) in [7, 11) is 1.66. The van der Waals surface area contributed by atoms with Crippen LogP contribution in [0.5, 0.6) is 5.75 Å². The second-order valence-corrected chi connectivity index (χ2v) is 4.37. The lowest BCUT2D eigenvalue weighted by Crippen LogP contribution is -2.02. The summed E-state index contributed by atoms with van der Waals surface area (Å²) in [6.45, 7) is 4.84. The summed E-state index contributed by atoms with van der Waals surface area (Å²) in [6, 6.07) is 10.5. The van der Waals surface area contributed by atoms with E-state index in [-0.39, 0.29) is 0 Å². The van der Waals surface area contributed by atoms with Gasteiger partial charge in [-0.3, -0.25) is 4.98 Å². The molecule has 0 bridgehead atoms. The molecule has 94 valence electrons. The number of anilines is 1. The minimum atomic E-state index is 0.771. The van der Waals surface area contributed by atoms with Gasteiger partial charge in [0.2, 0.25) is 0 Å². The van der Waals surface area contributed by atoms with Crippen LogP contribution >= 0.6 is 0 Å². The van der Waals surface area contributed by atoms with Crippen LogP contribution in [0, 0.1) is 13.8 Å². The zero-order chi connectivity index (χ0) is 13.0. The molecule has 0 spiro atoms. The maximum atomic E-state index is 5.28. The predicted molar refractivity (Wildman–Crippen MR) is 74.0 cm³/mol. The van der Waals surface area contributed by atoms with Gasteiger partial charge in [0.05, 0.1) is 19.0 Å². The van der Waals surface area contributed by atoms with Gasteiger partial charge in [0.25, 0.3) is 0 Å². The Balaban J connectivity index is 2.09. The Hall–Kier alpha value is -2.03. The highest BCUT2D eigenvalue weighted by molar-refractivity contribution is 5.56. The van der Waals surface area contributed by atoms with E-state index in [4.69, 9.17) is 4.74 Å². The van der Waals surface area contributed by atoms with Gasteiger partial charge in [-0.05, 0) is 25.5 Å².